The van der Waals surface area contributed by atoms with Crippen LogP contribution >= 0.6 is 22.9 Å². The van der Waals surface area contributed by atoms with Crippen LogP contribution in [0.3, 0.4) is 0 Å². The Labute approximate surface area is 157 Å². The summed E-state index contributed by atoms with van der Waals surface area (Å²) in [5, 5.41) is 7.37. The molecule has 0 radical (unpaired) electrons. The number of fused-ring (bicyclic) bond motifs is 1. The van der Waals surface area contributed by atoms with Crippen LogP contribution < -0.4 is 0 Å². The van der Waals surface area contributed by atoms with E-state index < -0.39 is 6.43 Å². The smallest absolute Gasteiger partial charge is 0.242 e. The number of benzene rings is 1. The van der Waals surface area contributed by atoms with E-state index in [0.29, 0.717) is 34.0 Å². The molecule has 0 bridgehead atoms. The quantitative estimate of drug-likeness (QED) is 0.421. The monoisotopic (exact) mass is 389 g/mol. The van der Waals surface area contributed by atoms with Gasteiger partial charge in [0.1, 0.15) is 0 Å². The normalized spacial score (nSPS) is 11.6. The number of rotatable bonds is 4. The summed E-state index contributed by atoms with van der Waals surface area (Å²) >= 11 is 7.71. The molecule has 0 saturated carbocycles. The van der Waals surface area contributed by atoms with E-state index in [9.17, 15) is 8.78 Å². The fourth-order valence-corrected chi connectivity index (χ4v) is 3.89. The van der Waals surface area contributed by atoms with Crippen molar-refractivity contribution >= 4 is 34.0 Å². The Bertz CT molecular complexity index is 1070. The maximum atomic E-state index is 13.7. The van der Waals surface area contributed by atoms with Gasteiger partial charge in [-0.25, -0.2) is 18.4 Å². The van der Waals surface area contributed by atoms with Crippen LogP contribution in [0.4, 0.5) is 8.78 Å². The zero-order valence-corrected chi connectivity index (χ0v) is 15.4. The van der Waals surface area contributed by atoms with Crippen LogP contribution in [-0.4, -0.2) is 14.8 Å². The minimum absolute atomic E-state index is 0.0405. The van der Waals surface area contributed by atoms with Crippen LogP contribution in [0.5, 0.6) is 0 Å². The van der Waals surface area contributed by atoms with Gasteiger partial charge in [-0.15, -0.1) is 11.3 Å². The Hall–Kier alpha value is -2.31. The molecule has 0 aliphatic carbocycles. The van der Waals surface area contributed by atoms with Crippen molar-refractivity contribution in [3.8, 4) is 10.6 Å². The van der Waals surface area contributed by atoms with Crippen LogP contribution in [0.15, 0.2) is 47.8 Å². The highest BCUT2D eigenvalue weighted by molar-refractivity contribution is 7.13. The summed E-state index contributed by atoms with van der Waals surface area (Å²) in [6.07, 6.45) is -2.60. The molecule has 0 amide bonds. The van der Waals surface area contributed by atoms with E-state index >= 15 is 0 Å². The fraction of sp³-hybridized carbons (Fsp3) is 0.158. The summed E-state index contributed by atoms with van der Waals surface area (Å²) in [6, 6.07) is 12.6. The number of thiophene rings is 1. The van der Waals surface area contributed by atoms with E-state index in [2.05, 4.69) is 10.1 Å². The molecule has 0 fully saturated rings. The molecule has 132 valence electrons. The second-order valence-corrected chi connectivity index (χ2v) is 7.26. The molecule has 3 aromatic heterocycles. The average molecular weight is 390 g/mol. The molecule has 0 unspecified atom stereocenters. The molecule has 3 nitrogen and oxygen atoms in total. The molecule has 0 spiro atoms. The van der Waals surface area contributed by atoms with Crippen molar-refractivity contribution in [3.63, 3.8) is 0 Å². The third-order valence-corrected chi connectivity index (χ3v) is 5.46. The topological polar surface area (TPSA) is 30.7 Å². The maximum Gasteiger partial charge on any atom is 0.264 e. The van der Waals surface area contributed by atoms with Gasteiger partial charge >= 0.3 is 0 Å². The van der Waals surface area contributed by atoms with Gasteiger partial charge < -0.3 is 0 Å². The van der Waals surface area contributed by atoms with Gasteiger partial charge in [0.25, 0.3) is 6.43 Å². The lowest BCUT2D eigenvalue weighted by molar-refractivity contribution is 0.153. The molecule has 4 rings (SSSR count). The van der Waals surface area contributed by atoms with E-state index in [0.717, 1.165) is 10.4 Å². The predicted octanol–water partition coefficient (Wildman–Crippen LogP) is 6.11. The van der Waals surface area contributed by atoms with Gasteiger partial charge in [0.2, 0.25) is 0 Å². The van der Waals surface area contributed by atoms with Crippen molar-refractivity contribution in [2.24, 2.45) is 0 Å². The summed E-state index contributed by atoms with van der Waals surface area (Å²) < 4.78 is 29.1. The van der Waals surface area contributed by atoms with Crippen molar-refractivity contribution in [3.05, 3.63) is 69.7 Å². The van der Waals surface area contributed by atoms with Crippen LogP contribution in [0.1, 0.15) is 23.2 Å². The zero-order valence-electron chi connectivity index (χ0n) is 13.8. The zero-order chi connectivity index (χ0) is 18.3. The van der Waals surface area contributed by atoms with Gasteiger partial charge in [-0.2, -0.15) is 5.10 Å². The Balaban J connectivity index is 1.93. The second-order valence-electron chi connectivity index (χ2n) is 5.91. The lowest BCUT2D eigenvalue weighted by atomic mass is 10.1. The standard InChI is InChI=1S/C19H14ClF2N3S/c1-11-17-13(18(21)22)9-15(16-7-4-8-26-16)23-19(17)25(24-11)10-12-5-2-3-6-14(12)20/h2-9,18H,10H2,1H3. The van der Waals surface area contributed by atoms with E-state index in [1.165, 1.54) is 17.4 Å². The maximum absolute atomic E-state index is 13.7. The number of aryl methyl sites for hydroxylation is 1. The van der Waals surface area contributed by atoms with Gasteiger partial charge in [0.05, 0.1) is 28.2 Å². The van der Waals surface area contributed by atoms with Crippen molar-refractivity contribution in [1.29, 1.82) is 0 Å². The first-order chi connectivity index (χ1) is 12.5. The second kappa shape index (κ2) is 6.78. The van der Waals surface area contributed by atoms with E-state index in [4.69, 9.17) is 11.6 Å². The molecule has 1 aromatic carbocycles. The number of pyridine rings is 1. The molecule has 0 N–H and O–H groups in total. The summed E-state index contributed by atoms with van der Waals surface area (Å²) in [7, 11) is 0. The minimum Gasteiger partial charge on any atom is -0.242 e. The molecule has 0 atom stereocenters. The summed E-state index contributed by atoms with van der Waals surface area (Å²) in [6.45, 7) is 2.09. The lowest BCUT2D eigenvalue weighted by Crippen LogP contribution is -2.04. The van der Waals surface area contributed by atoms with Crippen molar-refractivity contribution < 1.29 is 8.78 Å². The highest BCUT2D eigenvalue weighted by Gasteiger charge is 2.21. The average Bonchev–Trinajstić information content (AvgIpc) is 3.25. The number of aromatic nitrogens is 3. The van der Waals surface area contributed by atoms with Crippen LogP contribution in [0, 0.1) is 6.92 Å². The van der Waals surface area contributed by atoms with Crippen LogP contribution in [0.25, 0.3) is 21.6 Å². The highest BCUT2D eigenvalue weighted by Crippen LogP contribution is 2.34. The molecule has 4 aromatic rings. The van der Waals surface area contributed by atoms with E-state index in [1.807, 2.05) is 35.7 Å². The summed E-state index contributed by atoms with van der Waals surface area (Å²) in [5.74, 6) is 0. The molecule has 0 aliphatic rings. The largest absolute Gasteiger partial charge is 0.264 e. The Kier molecular flexibility index (Phi) is 4.46. The lowest BCUT2D eigenvalue weighted by Gasteiger charge is -2.08. The first-order valence-corrected chi connectivity index (χ1v) is 9.24. The highest BCUT2D eigenvalue weighted by atomic mass is 35.5. The number of nitrogens with zero attached hydrogens (tertiary/aromatic N) is 3. The Morgan fingerprint density at radius 3 is 2.69 bits per heavy atom. The molecule has 0 saturated heterocycles. The third kappa shape index (κ3) is 2.99. The predicted molar refractivity (Wildman–Crippen MR) is 101 cm³/mol. The van der Waals surface area contributed by atoms with E-state index in [1.54, 1.807) is 17.7 Å². The molecule has 3 heterocycles. The van der Waals surface area contributed by atoms with Crippen molar-refractivity contribution in [2.45, 2.75) is 19.9 Å². The van der Waals surface area contributed by atoms with E-state index in [-0.39, 0.29) is 5.56 Å². The molecule has 7 heteroatoms. The first kappa shape index (κ1) is 17.1. The molecule has 0 aliphatic heterocycles. The Morgan fingerprint density at radius 2 is 2.00 bits per heavy atom. The minimum atomic E-state index is -2.60. The molecular weight excluding hydrogens is 376 g/mol. The van der Waals surface area contributed by atoms with Crippen LogP contribution in [-0.2, 0) is 6.54 Å². The van der Waals surface area contributed by atoms with Gasteiger partial charge in [-0.1, -0.05) is 35.9 Å². The molecule has 26 heavy (non-hydrogen) atoms. The van der Waals surface area contributed by atoms with Gasteiger partial charge in [0, 0.05) is 10.6 Å². The molecular formula is C19H14ClF2N3S. The van der Waals surface area contributed by atoms with Gasteiger partial charge in [-0.3, -0.25) is 0 Å². The Morgan fingerprint density at radius 1 is 1.19 bits per heavy atom. The SMILES string of the molecule is Cc1nn(Cc2ccccc2Cl)c2nc(-c3cccs3)cc(C(F)F)c12. The van der Waals surface area contributed by atoms with Crippen molar-refractivity contribution in [2.75, 3.05) is 0 Å². The van der Waals surface area contributed by atoms with Gasteiger partial charge in [0.15, 0.2) is 5.65 Å². The summed E-state index contributed by atoms with van der Waals surface area (Å²) in [4.78, 5) is 5.49. The van der Waals surface area contributed by atoms with Crippen LogP contribution in [0.2, 0.25) is 5.02 Å². The number of halogens is 3. The number of alkyl halides is 2. The number of hydrogen-bond donors (Lipinski definition) is 0. The van der Waals surface area contributed by atoms with Crippen molar-refractivity contribution in [1.82, 2.24) is 14.8 Å². The summed E-state index contributed by atoms with van der Waals surface area (Å²) in [5.41, 5.74) is 2.33. The number of hydrogen-bond acceptors (Lipinski definition) is 3. The third-order valence-electron chi connectivity index (χ3n) is 4.19. The van der Waals surface area contributed by atoms with Gasteiger partial charge in [-0.05, 0) is 36.1 Å². The fourth-order valence-electron chi connectivity index (χ4n) is 3.01. The first-order valence-electron chi connectivity index (χ1n) is 7.98.